The van der Waals surface area contributed by atoms with Gasteiger partial charge in [0.15, 0.2) is 6.29 Å². The zero-order chi connectivity index (χ0) is 13.9. The van der Waals surface area contributed by atoms with Crippen molar-refractivity contribution < 1.29 is 13.9 Å². The second-order valence-electron chi connectivity index (χ2n) is 4.28. The fourth-order valence-corrected chi connectivity index (χ4v) is 3.31. The van der Waals surface area contributed by atoms with Gasteiger partial charge in [-0.3, -0.25) is 0 Å². The van der Waals surface area contributed by atoms with E-state index >= 15 is 0 Å². The third-order valence-electron chi connectivity index (χ3n) is 2.89. The van der Waals surface area contributed by atoms with E-state index < -0.39 is 6.29 Å². The lowest BCUT2D eigenvalue weighted by molar-refractivity contribution is -0.0484. The summed E-state index contributed by atoms with van der Waals surface area (Å²) in [6.07, 6.45) is -0.627. The first-order chi connectivity index (χ1) is 9.74. The van der Waals surface area contributed by atoms with Gasteiger partial charge in [0.1, 0.15) is 5.82 Å². The van der Waals surface area contributed by atoms with Crippen LogP contribution >= 0.6 is 23.4 Å². The standard InChI is InChI=1S/C15H12ClFO2S/c16-10-3-1-4-11(9-10)20-13-6-2-5-12(17)14(13)15-18-7-8-19-15/h1-6,9,15H,7-8H2. The van der Waals surface area contributed by atoms with Gasteiger partial charge in [-0.15, -0.1) is 0 Å². The van der Waals surface area contributed by atoms with E-state index in [0.717, 1.165) is 9.79 Å². The fourth-order valence-electron chi connectivity index (χ4n) is 2.02. The largest absolute Gasteiger partial charge is 0.346 e. The van der Waals surface area contributed by atoms with E-state index in [1.165, 1.54) is 17.8 Å². The van der Waals surface area contributed by atoms with Crippen molar-refractivity contribution in [3.63, 3.8) is 0 Å². The molecule has 1 saturated heterocycles. The Morgan fingerprint density at radius 1 is 1.10 bits per heavy atom. The van der Waals surface area contributed by atoms with Crippen LogP contribution in [0, 0.1) is 5.82 Å². The van der Waals surface area contributed by atoms with Crippen LogP contribution in [0.3, 0.4) is 0 Å². The van der Waals surface area contributed by atoms with E-state index in [2.05, 4.69) is 0 Å². The van der Waals surface area contributed by atoms with Crippen molar-refractivity contribution in [3.8, 4) is 0 Å². The number of hydrogen-bond donors (Lipinski definition) is 0. The van der Waals surface area contributed by atoms with Gasteiger partial charge >= 0.3 is 0 Å². The average Bonchev–Trinajstić information content (AvgIpc) is 2.92. The molecule has 20 heavy (non-hydrogen) atoms. The molecule has 0 N–H and O–H groups in total. The van der Waals surface area contributed by atoms with Crippen LogP contribution in [0.5, 0.6) is 0 Å². The summed E-state index contributed by atoms with van der Waals surface area (Å²) in [5.74, 6) is -0.316. The van der Waals surface area contributed by atoms with Crippen LogP contribution in [0.25, 0.3) is 0 Å². The predicted molar refractivity (Wildman–Crippen MR) is 76.6 cm³/mol. The summed E-state index contributed by atoms with van der Waals surface area (Å²) in [5.41, 5.74) is 0.454. The second kappa shape index (κ2) is 6.14. The third kappa shape index (κ3) is 2.99. The van der Waals surface area contributed by atoms with Crippen LogP contribution in [0.4, 0.5) is 4.39 Å². The van der Waals surface area contributed by atoms with E-state index in [-0.39, 0.29) is 5.82 Å². The first kappa shape index (κ1) is 13.9. The Labute approximate surface area is 125 Å². The molecule has 0 saturated carbocycles. The molecule has 0 spiro atoms. The van der Waals surface area contributed by atoms with Crippen LogP contribution in [-0.4, -0.2) is 13.2 Å². The van der Waals surface area contributed by atoms with E-state index in [4.69, 9.17) is 21.1 Å². The summed E-state index contributed by atoms with van der Waals surface area (Å²) in [4.78, 5) is 1.72. The van der Waals surface area contributed by atoms with Crippen LogP contribution in [0.2, 0.25) is 5.02 Å². The SMILES string of the molecule is Fc1cccc(Sc2cccc(Cl)c2)c1C1OCCO1. The molecule has 3 rings (SSSR count). The van der Waals surface area contributed by atoms with Crippen molar-refractivity contribution in [2.45, 2.75) is 16.1 Å². The predicted octanol–water partition coefficient (Wildman–Crippen LogP) is 4.68. The van der Waals surface area contributed by atoms with Crippen molar-refractivity contribution in [3.05, 3.63) is 58.9 Å². The Hall–Kier alpha value is -1.07. The van der Waals surface area contributed by atoms with Gasteiger partial charge in [-0.05, 0) is 30.3 Å². The molecule has 104 valence electrons. The van der Waals surface area contributed by atoms with Gasteiger partial charge in [-0.2, -0.15) is 0 Å². The van der Waals surface area contributed by atoms with Crippen molar-refractivity contribution in [1.29, 1.82) is 0 Å². The molecule has 0 amide bonds. The molecule has 0 unspecified atom stereocenters. The third-order valence-corrected chi connectivity index (χ3v) is 4.19. The number of ether oxygens (including phenoxy) is 2. The van der Waals surface area contributed by atoms with Crippen molar-refractivity contribution in [2.24, 2.45) is 0 Å². The first-order valence-electron chi connectivity index (χ1n) is 6.19. The smallest absolute Gasteiger partial charge is 0.187 e. The Morgan fingerprint density at radius 3 is 2.60 bits per heavy atom. The highest BCUT2D eigenvalue weighted by atomic mass is 35.5. The number of halogens is 2. The molecule has 0 radical (unpaired) electrons. The average molecular weight is 311 g/mol. The minimum absolute atomic E-state index is 0.316. The highest BCUT2D eigenvalue weighted by Crippen LogP contribution is 2.38. The molecule has 2 nitrogen and oxygen atoms in total. The maximum Gasteiger partial charge on any atom is 0.187 e. The Bertz CT molecular complexity index is 615. The molecule has 5 heteroatoms. The maximum absolute atomic E-state index is 14.1. The summed E-state index contributed by atoms with van der Waals surface area (Å²) < 4.78 is 24.9. The van der Waals surface area contributed by atoms with E-state index in [9.17, 15) is 4.39 Å². The molecule has 1 aliphatic heterocycles. The number of benzene rings is 2. The zero-order valence-electron chi connectivity index (χ0n) is 10.5. The van der Waals surface area contributed by atoms with Crippen LogP contribution in [-0.2, 0) is 9.47 Å². The highest BCUT2D eigenvalue weighted by Gasteiger charge is 2.25. The lowest BCUT2D eigenvalue weighted by Crippen LogP contribution is -2.03. The topological polar surface area (TPSA) is 18.5 Å². The van der Waals surface area contributed by atoms with Crippen molar-refractivity contribution in [2.75, 3.05) is 13.2 Å². The summed E-state index contributed by atoms with van der Waals surface area (Å²) >= 11 is 7.42. The summed E-state index contributed by atoms with van der Waals surface area (Å²) in [5, 5.41) is 0.654. The highest BCUT2D eigenvalue weighted by molar-refractivity contribution is 7.99. The van der Waals surface area contributed by atoms with Crippen LogP contribution in [0.1, 0.15) is 11.9 Å². The maximum atomic E-state index is 14.1. The van der Waals surface area contributed by atoms with Gasteiger partial charge in [0.2, 0.25) is 0 Å². The Balaban J connectivity index is 1.94. The summed E-state index contributed by atoms with van der Waals surface area (Å²) in [6.45, 7) is 0.973. The minimum atomic E-state index is -0.627. The minimum Gasteiger partial charge on any atom is -0.346 e. The second-order valence-corrected chi connectivity index (χ2v) is 5.84. The molecule has 0 aliphatic carbocycles. The van der Waals surface area contributed by atoms with Crippen LogP contribution < -0.4 is 0 Å². The van der Waals surface area contributed by atoms with Gasteiger partial charge in [0.05, 0.1) is 18.8 Å². The molecule has 1 heterocycles. The van der Waals surface area contributed by atoms with Crippen LogP contribution in [0.15, 0.2) is 52.3 Å². The fraction of sp³-hybridized carbons (Fsp3) is 0.200. The summed E-state index contributed by atoms with van der Waals surface area (Å²) in [7, 11) is 0. The molecular weight excluding hydrogens is 299 g/mol. The molecule has 1 aliphatic rings. The lowest BCUT2D eigenvalue weighted by atomic mass is 10.2. The summed E-state index contributed by atoms with van der Waals surface area (Å²) in [6, 6.07) is 12.4. The van der Waals surface area contributed by atoms with E-state index in [1.807, 2.05) is 24.3 Å². The molecular formula is C15H12ClFO2S. The quantitative estimate of drug-likeness (QED) is 0.820. The molecule has 2 aromatic rings. The van der Waals surface area contributed by atoms with E-state index in [0.29, 0.717) is 23.8 Å². The molecule has 0 atom stereocenters. The molecule has 0 bridgehead atoms. The zero-order valence-corrected chi connectivity index (χ0v) is 12.1. The first-order valence-corrected chi connectivity index (χ1v) is 7.38. The van der Waals surface area contributed by atoms with E-state index in [1.54, 1.807) is 12.1 Å². The molecule has 2 aromatic carbocycles. The van der Waals surface area contributed by atoms with Gasteiger partial charge in [-0.1, -0.05) is 35.5 Å². The molecule has 0 aromatic heterocycles. The van der Waals surface area contributed by atoms with Gasteiger partial charge < -0.3 is 9.47 Å². The number of hydrogen-bond acceptors (Lipinski definition) is 3. The monoisotopic (exact) mass is 310 g/mol. The van der Waals surface area contributed by atoms with Crippen molar-refractivity contribution in [1.82, 2.24) is 0 Å². The normalized spacial score (nSPS) is 15.7. The van der Waals surface area contributed by atoms with Gasteiger partial charge in [0.25, 0.3) is 0 Å². The number of rotatable bonds is 3. The lowest BCUT2D eigenvalue weighted by Gasteiger charge is -2.15. The Kier molecular flexibility index (Phi) is 4.27. The molecule has 1 fully saturated rings. The van der Waals surface area contributed by atoms with Gasteiger partial charge in [0, 0.05) is 14.8 Å². The Morgan fingerprint density at radius 2 is 1.85 bits per heavy atom. The van der Waals surface area contributed by atoms with Crippen molar-refractivity contribution >= 4 is 23.4 Å². The van der Waals surface area contributed by atoms with Gasteiger partial charge in [-0.25, -0.2) is 4.39 Å².